The molecule has 2 nitrogen and oxygen atoms in total. The predicted octanol–water partition coefficient (Wildman–Crippen LogP) is 4.01. The highest BCUT2D eigenvalue weighted by molar-refractivity contribution is 5.21. The van der Waals surface area contributed by atoms with E-state index in [1.807, 2.05) is 6.20 Å². The van der Waals surface area contributed by atoms with Crippen LogP contribution in [-0.2, 0) is 0 Å². The maximum absolute atomic E-state index is 4.37. The number of nitrogens with one attached hydrogen (secondary N) is 1. The Balaban J connectivity index is 2.12. The predicted molar refractivity (Wildman–Crippen MR) is 76.6 cm³/mol. The van der Waals surface area contributed by atoms with Crippen LogP contribution in [0.4, 0.5) is 0 Å². The minimum atomic E-state index is 0.512. The second-order valence-corrected chi connectivity index (χ2v) is 5.63. The first-order valence-electron chi connectivity index (χ1n) is 7.46. The van der Waals surface area contributed by atoms with Gasteiger partial charge in [0.15, 0.2) is 0 Å². The lowest BCUT2D eigenvalue weighted by molar-refractivity contribution is 0.271. The summed E-state index contributed by atoms with van der Waals surface area (Å²) in [6.45, 7) is 5.47. The van der Waals surface area contributed by atoms with E-state index in [1.54, 1.807) is 0 Å². The van der Waals surface area contributed by atoms with Crippen LogP contribution >= 0.6 is 0 Å². The normalized spacial score (nSPS) is 18.8. The lowest BCUT2D eigenvalue weighted by atomic mass is 9.81. The third-order valence-electron chi connectivity index (χ3n) is 3.99. The van der Waals surface area contributed by atoms with E-state index in [-0.39, 0.29) is 0 Å². The van der Waals surface area contributed by atoms with Crippen LogP contribution in [0.3, 0.4) is 0 Å². The molecule has 0 radical (unpaired) electrons. The van der Waals surface area contributed by atoms with E-state index in [0.717, 1.165) is 12.5 Å². The van der Waals surface area contributed by atoms with Gasteiger partial charge in [-0.05, 0) is 49.8 Å². The summed E-state index contributed by atoms with van der Waals surface area (Å²) in [4.78, 5) is 4.37. The van der Waals surface area contributed by atoms with Crippen LogP contribution in [0.25, 0.3) is 0 Å². The van der Waals surface area contributed by atoms with Crippen LogP contribution in [0, 0.1) is 12.8 Å². The summed E-state index contributed by atoms with van der Waals surface area (Å²) in [7, 11) is 0. The highest BCUT2D eigenvalue weighted by Gasteiger charge is 2.24. The Morgan fingerprint density at radius 2 is 2.06 bits per heavy atom. The van der Waals surface area contributed by atoms with Gasteiger partial charge in [-0.15, -0.1) is 0 Å². The molecule has 0 spiro atoms. The van der Waals surface area contributed by atoms with E-state index in [0.29, 0.717) is 6.04 Å². The zero-order valence-corrected chi connectivity index (χ0v) is 11.8. The molecule has 0 aromatic carbocycles. The third kappa shape index (κ3) is 3.55. The molecule has 1 aromatic heterocycles. The standard InChI is InChI=1S/C16H26N2/c1-3-9-18-16(14-7-5-4-6-8-14)15-10-13(2)11-17-12-15/h10-12,14,16,18H,3-9H2,1-2H3. The van der Waals surface area contributed by atoms with E-state index < -0.39 is 0 Å². The Kier molecular flexibility index (Phi) is 5.18. The van der Waals surface area contributed by atoms with Gasteiger partial charge in [0.1, 0.15) is 0 Å². The van der Waals surface area contributed by atoms with Crippen molar-refractivity contribution in [2.24, 2.45) is 5.92 Å². The summed E-state index contributed by atoms with van der Waals surface area (Å²) in [5, 5.41) is 3.74. The van der Waals surface area contributed by atoms with Gasteiger partial charge in [-0.3, -0.25) is 4.98 Å². The lowest BCUT2D eigenvalue weighted by Gasteiger charge is -2.31. The number of pyridine rings is 1. The summed E-state index contributed by atoms with van der Waals surface area (Å²) < 4.78 is 0. The van der Waals surface area contributed by atoms with Gasteiger partial charge in [0.05, 0.1) is 0 Å². The molecule has 2 rings (SSSR count). The first-order valence-corrected chi connectivity index (χ1v) is 7.46. The smallest absolute Gasteiger partial charge is 0.0364 e. The van der Waals surface area contributed by atoms with Gasteiger partial charge in [-0.2, -0.15) is 0 Å². The van der Waals surface area contributed by atoms with Crippen molar-refractivity contribution in [3.8, 4) is 0 Å². The van der Waals surface area contributed by atoms with Crippen molar-refractivity contribution in [1.82, 2.24) is 10.3 Å². The summed E-state index contributed by atoms with van der Waals surface area (Å²) in [6.07, 6.45) is 12.1. The van der Waals surface area contributed by atoms with Crippen LogP contribution in [0.1, 0.15) is 62.6 Å². The highest BCUT2D eigenvalue weighted by Crippen LogP contribution is 2.34. The zero-order chi connectivity index (χ0) is 12.8. The highest BCUT2D eigenvalue weighted by atomic mass is 14.9. The first kappa shape index (κ1) is 13.5. The monoisotopic (exact) mass is 246 g/mol. The van der Waals surface area contributed by atoms with Crippen molar-refractivity contribution >= 4 is 0 Å². The van der Waals surface area contributed by atoms with Crippen LogP contribution in [0.15, 0.2) is 18.5 Å². The molecule has 1 heterocycles. The van der Waals surface area contributed by atoms with Crippen molar-refractivity contribution < 1.29 is 0 Å². The molecular weight excluding hydrogens is 220 g/mol. The average molecular weight is 246 g/mol. The van der Waals surface area contributed by atoms with Crippen molar-refractivity contribution in [3.05, 3.63) is 29.6 Å². The number of rotatable bonds is 5. The number of nitrogens with zero attached hydrogens (tertiary/aromatic N) is 1. The quantitative estimate of drug-likeness (QED) is 0.849. The van der Waals surface area contributed by atoms with Crippen LogP contribution in [0.5, 0.6) is 0 Å². The van der Waals surface area contributed by atoms with E-state index in [9.17, 15) is 0 Å². The molecule has 1 aliphatic rings. The Bertz CT molecular complexity index is 356. The molecule has 2 heteroatoms. The first-order chi connectivity index (χ1) is 8.81. The van der Waals surface area contributed by atoms with E-state index >= 15 is 0 Å². The fourth-order valence-corrected chi connectivity index (χ4v) is 3.07. The van der Waals surface area contributed by atoms with Gasteiger partial charge in [0.2, 0.25) is 0 Å². The summed E-state index contributed by atoms with van der Waals surface area (Å²) in [6, 6.07) is 2.81. The number of hydrogen-bond donors (Lipinski definition) is 1. The van der Waals surface area contributed by atoms with Crippen LogP contribution < -0.4 is 5.32 Å². The number of hydrogen-bond acceptors (Lipinski definition) is 2. The number of aromatic nitrogens is 1. The molecular formula is C16H26N2. The van der Waals surface area contributed by atoms with E-state index in [4.69, 9.17) is 0 Å². The molecule has 1 aromatic rings. The fraction of sp³-hybridized carbons (Fsp3) is 0.688. The summed E-state index contributed by atoms with van der Waals surface area (Å²) >= 11 is 0. The molecule has 0 aliphatic heterocycles. The van der Waals surface area contributed by atoms with Gasteiger partial charge < -0.3 is 5.32 Å². The van der Waals surface area contributed by atoms with Gasteiger partial charge in [0, 0.05) is 18.4 Å². The molecule has 1 atom stereocenters. The Labute approximate surface area is 111 Å². The molecule has 1 unspecified atom stereocenters. The fourth-order valence-electron chi connectivity index (χ4n) is 3.07. The summed E-state index contributed by atoms with van der Waals surface area (Å²) in [5.74, 6) is 0.800. The zero-order valence-electron chi connectivity index (χ0n) is 11.8. The largest absolute Gasteiger partial charge is 0.310 e. The molecule has 100 valence electrons. The molecule has 1 saturated carbocycles. The van der Waals surface area contributed by atoms with Crippen molar-refractivity contribution in [2.45, 2.75) is 58.4 Å². The molecule has 0 saturated heterocycles. The minimum Gasteiger partial charge on any atom is -0.310 e. The SMILES string of the molecule is CCCNC(c1cncc(C)c1)C1CCCCC1. The van der Waals surface area contributed by atoms with Gasteiger partial charge in [0.25, 0.3) is 0 Å². The topological polar surface area (TPSA) is 24.9 Å². The van der Waals surface area contributed by atoms with E-state index in [1.165, 1.54) is 49.7 Å². The summed E-state index contributed by atoms with van der Waals surface area (Å²) in [5.41, 5.74) is 2.65. The molecule has 1 fully saturated rings. The molecule has 0 bridgehead atoms. The Hall–Kier alpha value is -0.890. The van der Waals surface area contributed by atoms with Crippen LogP contribution in [0.2, 0.25) is 0 Å². The number of aryl methyl sites for hydroxylation is 1. The van der Waals surface area contributed by atoms with Gasteiger partial charge >= 0.3 is 0 Å². The average Bonchev–Trinajstić information content (AvgIpc) is 2.40. The molecule has 0 amide bonds. The van der Waals surface area contributed by atoms with Crippen molar-refractivity contribution in [1.29, 1.82) is 0 Å². The molecule has 18 heavy (non-hydrogen) atoms. The molecule has 1 aliphatic carbocycles. The second-order valence-electron chi connectivity index (χ2n) is 5.63. The second kappa shape index (κ2) is 6.89. The Morgan fingerprint density at radius 1 is 1.28 bits per heavy atom. The van der Waals surface area contributed by atoms with Crippen molar-refractivity contribution in [2.75, 3.05) is 6.54 Å². The van der Waals surface area contributed by atoms with Gasteiger partial charge in [-0.25, -0.2) is 0 Å². The van der Waals surface area contributed by atoms with Gasteiger partial charge in [-0.1, -0.05) is 32.3 Å². The maximum Gasteiger partial charge on any atom is 0.0364 e. The minimum absolute atomic E-state index is 0.512. The molecule has 1 N–H and O–H groups in total. The lowest BCUT2D eigenvalue weighted by Crippen LogP contribution is -2.30. The maximum atomic E-state index is 4.37. The van der Waals surface area contributed by atoms with Crippen molar-refractivity contribution in [3.63, 3.8) is 0 Å². The Morgan fingerprint density at radius 3 is 2.72 bits per heavy atom. The third-order valence-corrected chi connectivity index (χ3v) is 3.99. The van der Waals surface area contributed by atoms with E-state index in [2.05, 4.69) is 36.4 Å². The van der Waals surface area contributed by atoms with Crippen LogP contribution in [-0.4, -0.2) is 11.5 Å².